The van der Waals surface area contributed by atoms with E-state index in [4.69, 9.17) is 4.42 Å². The first kappa shape index (κ1) is 14.2. The Balaban J connectivity index is 1.85. The van der Waals surface area contributed by atoms with E-state index in [0.29, 0.717) is 5.89 Å². The molecular weight excluding hydrogens is 258 g/mol. The van der Waals surface area contributed by atoms with Gasteiger partial charge >= 0.3 is 0 Å². The van der Waals surface area contributed by atoms with Gasteiger partial charge in [0.2, 0.25) is 5.89 Å². The highest BCUT2D eigenvalue weighted by molar-refractivity contribution is 7.15. The standard InChI is InChI=1S/C14H21N3OS/c1-10-7-8-11(19-10)13-17-16-12(18-13)6-5-9-15-14(2,3)4/h7-8,15H,5-6,9H2,1-4H3. The van der Waals surface area contributed by atoms with E-state index in [2.05, 4.69) is 49.3 Å². The summed E-state index contributed by atoms with van der Waals surface area (Å²) in [7, 11) is 0. The lowest BCUT2D eigenvalue weighted by atomic mass is 10.1. The molecule has 0 aliphatic heterocycles. The Bertz CT molecular complexity index is 525. The average Bonchev–Trinajstić information content (AvgIpc) is 2.92. The second-order valence-electron chi connectivity index (χ2n) is 5.69. The fourth-order valence-corrected chi connectivity index (χ4v) is 2.50. The van der Waals surface area contributed by atoms with Gasteiger partial charge in [0.25, 0.3) is 5.89 Å². The first-order chi connectivity index (χ1) is 8.94. The number of rotatable bonds is 5. The van der Waals surface area contributed by atoms with Crippen LogP contribution in [0.4, 0.5) is 0 Å². The number of nitrogens with one attached hydrogen (secondary N) is 1. The molecule has 0 aliphatic carbocycles. The smallest absolute Gasteiger partial charge is 0.257 e. The maximum atomic E-state index is 5.68. The Morgan fingerprint density at radius 3 is 2.68 bits per heavy atom. The van der Waals surface area contributed by atoms with Crippen LogP contribution in [0.5, 0.6) is 0 Å². The van der Waals surface area contributed by atoms with E-state index in [1.807, 2.05) is 6.07 Å². The van der Waals surface area contributed by atoms with Gasteiger partial charge in [0.1, 0.15) is 0 Å². The summed E-state index contributed by atoms with van der Waals surface area (Å²) in [5, 5.41) is 11.6. The highest BCUT2D eigenvalue weighted by Gasteiger charge is 2.11. The Morgan fingerprint density at radius 2 is 2.05 bits per heavy atom. The zero-order valence-corrected chi connectivity index (χ0v) is 12.8. The summed E-state index contributed by atoms with van der Waals surface area (Å²) in [6.45, 7) is 9.52. The molecule has 2 rings (SSSR count). The number of aromatic nitrogens is 2. The van der Waals surface area contributed by atoms with Gasteiger partial charge in [-0.05, 0) is 52.8 Å². The van der Waals surface area contributed by atoms with Gasteiger partial charge in [0, 0.05) is 16.8 Å². The van der Waals surface area contributed by atoms with Crippen LogP contribution in [0.2, 0.25) is 0 Å². The highest BCUT2D eigenvalue weighted by atomic mass is 32.1. The van der Waals surface area contributed by atoms with Gasteiger partial charge in [-0.2, -0.15) is 0 Å². The molecule has 2 heterocycles. The first-order valence-corrected chi connectivity index (χ1v) is 7.40. The number of thiophene rings is 1. The van der Waals surface area contributed by atoms with E-state index >= 15 is 0 Å². The third-order valence-electron chi connectivity index (χ3n) is 2.64. The van der Waals surface area contributed by atoms with Crippen LogP contribution in [0, 0.1) is 6.92 Å². The molecule has 0 radical (unpaired) electrons. The molecule has 19 heavy (non-hydrogen) atoms. The molecule has 0 saturated heterocycles. The lowest BCUT2D eigenvalue weighted by Crippen LogP contribution is -2.36. The molecule has 2 aromatic rings. The maximum Gasteiger partial charge on any atom is 0.257 e. The number of hydrogen-bond donors (Lipinski definition) is 1. The Labute approximate surface area is 118 Å². The molecule has 5 heteroatoms. The van der Waals surface area contributed by atoms with Gasteiger partial charge in [-0.3, -0.25) is 0 Å². The van der Waals surface area contributed by atoms with Crippen molar-refractivity contribution < 1.29 is 4.42 Å². The lowest BCUT2D eigenvalue weighted by molar-refractivity contribution is 0.413. The summed E-state index contributed by atoms with van der Waals surface area (Å²) < 4.78 is 5.68. The lowest BCUT2D eigenvalue weighted by Gasteiger charge is -2.19. The number of nitrogens with zero attached hydrogens (tertiary/aromatic N) is 2. The molecule has 0 atom stereocenters. The molecule has 0 saturated carbocycles. The fraction of sp³-hybridized carbons (Fsp3) is 0.571. The van der Waals surface area contributed by atoms with Gasteiger partial charge in [0.15, 0.2) is 0 Å². The zero-order valence-electron chi connectivity index (χ0n) is 12.0. The summed E-state index contributed by atoms with van der Waals surface area (Å²) in [4.78, 5) is 2.30. The van der Waals surface area contributed by atoms with Crippen LogP contribution in [-0.4, -0.2) is 22.3 Å². The summed E-state index contributed by atoms with van der Waals surface area (Å²) >= 11 is 1.68. The first-order valence-electron chi connectivity index (χ1n) is 6.58. The molecule has 0 aromatic carbocycles. The SMILES string of the molecule is Cc1ccc(-c2nnc(CCCNC(C)(C)C)o2)s1. The Kier molecular flexibility index (Phi) is 4.37. The van der Waals surface area contributed by atoms with Crippen molar-refractivity contribution in [3.05, 3.63) is 22.9 Å². The van der Waals surface area contributed by atoms with Crippen LogP contribution >= 0.6 is 11.3 Å². The van der Waals surface area contributed by atoms with E-state index in [9.17, 15) is 0 Å². The van der Waals surface area contributed by atoms with Crippen LogP contribution in [0.1, 0.15) is 38.0 Å². The van der Waals surface area contributed by atoms with Gasteiger partial charge in [-0.15, -0.1) is 21.5 Å². The molecule has 0 bridgehead atoms. The van der Waals surface area contributed by atoms with Crippen molar-refractivity contribution in [3.63, 3.8) is 0 Å². The highest BCUT2D eigenvalue weighted by Crippen LogP contribution is 2.26. The van der Waals surface area contributed by atoms with Crippen LogP contribution in [-0.2, 0) is 6.42 Å². The maximum absolute atomic E-state index is 5.68. The molecule has 4 nitrogen and oxygen atoms in total. The second kappa shape index (κ2) is 5.84. The largest absolute Gasteiger partial charge is 0.420 e. The summed E-state index contributed by atoms with van der Waals surface area (Å²) in [6, 6.07) is 4.09. The predicted octanol–water partition coefficient (Wildman–Crippen LogP) is 3.43. The van der Waals surface area contributed by atoms with E-state index in [1.54, 1.807) is 11.3 Å². The molecular formula is C14H21N3OS. The van der Waals surface area contributed by atoms with Gasteiger partial charge < -0.3 is 9.73 Å². The molecule has 0 spiro atoms. The van der Waals surface area contributed by atoms with Crippen molar-refractivity contribution in [2.24, 2.45) is 0 Å². The summed E-state index contributed by atoms with van der Waals surface area (Å²) in [6.07, 6.45) is 1.82. The van der Waals surface area contributed by atoms with Crippen LogP contribution in [0.15, 0.2) is 16.5 Å². The van der Waals surface area contributed by atoms with Gasteiger partial charge in [-0.25, -0.2) is 0 Å². The third-order valence-corrected chi connectivity index (χ3v) is 3.63. The van der Waals surface area contributed by atoms with Crippen LogP contribution in [0.3, 0.4) is 0 Å². The second-order valence-corrected chi connectivity index (χ2v) is 6.98. The molecule has 1 N–H and O–H groups in total. The van der Waals surface area contributed by atoms with Crippen LogP contribution in [0.25, 0.3) is 10.8 Å². The summed E-state index contributed by atoms with van der Waals surface area (Å²) in [5.74, 6) is 1.36. The minimum Gasteiger partial charge on any atom is -0.420 e. The Hall–Kier alpha value is -1.20. The molecule has 0 fully saturated rings. The molecule has 104 valence electrons. The van der Waals surface area contributed by atoms with Crippen molar-refractivity contribution in [3.8, 4) is 10.8 Å². The minimum atomic E-state index is 0.161. The topological polar surface area (TPSA) is 51.0 Å². The van der Waals surface area contributed by atoms with Crippen molar-refractivity contribution in [2.45, 2.75) is 46.1 Å². The average molecular weight is 279 g/mol. The van der Waals surface area contributed by atoms with E-state index < -0.39 is 0 Å². The quantitative estimate of drug-likeness (QED) is 0.852. The predicted molar refractivity (Wildman–Crippen MR) is 78.4 cm³/mol. The number of hydrogen-bond acceptors (Lipinski definition) is 5. The third kappa shape index (κ3) is 4.44. The van der Waals surface area contributed by atoms with Gasteiger partial charge in [0.05, 0.1) is 4.88 Å². The molecule has 0 aliphatic rings. The van der Waals surface area contributed by atoms with Crippen molar-refractivity contribution in [1.29, 1.82) is 0 Å². The van der Waals surface area contributed by atoms with Gasteiger partial charge in [-0.1, -0.05) is 0 Å². The minimum absolute atomic E-state index is 0.161. The monoisotopic (exact) mass is 279 g/mol. The van der Waals surface area contributed by atoms with Crippen molar-refractivity contribution >= 4 is 11.3 Å². The van der Waals surface area contributed by atoms with Crippen molar-refractivity contribution in [1.82, 2.24) is 15.5 Å². The summed E-state index contributed by atoms with van der Waals surface area (Å²) in [5.41, 5.74) is 0.161. The molecule has 0 amide bonds. The Morgan fingerprint density at radius 1 is 1.26 bits per heavy atom. The van der Waals surface area contributed by atoms with E-state index in [1.165, 1.54) is 4.88 Å². The normalized spacial score (nSPS) is 12.0. The fourth-order valence-electron chi connectivity index (χ4n) is 1.71. The zero-order chi connectivity index (χ0) is 13.9. The molecule has 0 unspecified atom stereocenters. The van der Waals surface area contributed by atoms with Crippen molar-refractivity contribution in [2.75, 3.05) is 6.54 Å². The van der Waals surface area contributed by atoms with E-state index in [0.717, 1.165) is 30.2 Å². The molecule has 2 aromatic heterocycles. The van der Waals surface area contributed by atoms with E-state index in [-0.39, 0.29) is 5.54 Å². The number of aryl methyl sites for hydroxylation is 2. The van der Waals surface area contributed by atoms with Crippen LogP contribution < -0.4 is 5.32 Å².